The lowest BCUT2D eigenvalue weighted by Gasteiger charge is -2.33. The molecular weight excluding hydrogens is 286 g/mol. The first-order chi connectivity index (χ1) is 10.8. The van der Waals surface area contributed by atoms with Crippen LogP contribution in [0, 0.1) is 5.92 Å². The van der Waals surface area contributed by atoms with Crippen molar-refractivity contribution < 1.29 is 19.0 Å². The van der Waals surface area contributed by atoms with Crippen molar-refractivity contribution in [2.24, 2.45) is 5.92 Å². The van der Waals surface area contributed by atoms with E-state index in [-0.39, 0.29) is 17.9 Å². The van der Waals surface area contributed by atoms with Crippen LogP contribution in [0.25, 0.3) is 0 Å². The number of hydrogen-bond donors (Lipinski definition) is 0. The van der Waals surface area contributed by atoms with E-state index in [9.17, 15) is 4.79 Å². The lowest BCUT2D eigenvalue weighted by atomic mass is 10.0. The number of ether oxygens (including phenoxy) is 3. The molecule has 3 rings (SSSR count). The van der Waals surface area contributed by atoms with Gasteiger partial charge in [0.2, 0.25) is 17.7 Å². The predicted molar refractivity (Wildman–Crippen MR) is 77.7 cm³/mol. The highest BCUT2D eigenvalue weighted by Crippen LogP contribution is 2.21. The third-order valence-electron chi connectivity index (χ3n) is 4.06. The highest BCUT2D eigenvalue weighted by molar-refractivity contribution is 5.79. The smallest absolute Gasteiger partial charge is 0.235 e. The molecule has 7 heteroatoms. The lowest BCUT2D eigenvalue weighted by Crippen LogP contribution is -2.46. The molecule has 1 aromatic rings. The minimum absolute atomic E-state index is 0.00959. The van der Waals surface area contributed by atoms with Gasteiger partial charge in [0.05, 0.1) is 38.6 Å². The third-order valence-corrected chi connectivity index (χ3v) is 4.06. The minimum Gasteiger partial charge on any atom is -0.480 e. The number of rotatable bonds is 4. The molecule has 3 heterocycles. The standard InChI is InChI=1S/C15H21N3O4/c1-20-13-7-16-8-14(17-13)22-12-3-2-5-18(9-12)15(19)11-4-6-21-10-11/h7-8,11-12H,2-6,9-10H2,1H3/t11-,12-/m0/s1. The van der Waals surface area contributed by atoms with Gasteiger partial charge in [0.15, 0.2) is 0 Å². The molecule has 0 N–H and O–H groups in total. The zero-order chi connectivity index (χ0) is 15.4. The highest BCUT2D eigenvalue weighted by Gasteiger charge is 2.31. The fourth-order valence-corrected chi connectivity index (χ4v) is 2.88. The van der Waals surface area contributed by atoms with Crippen LogP contribution in [-0.4, -0.2) is 60.3 Å². The topological polar surface area (TPSA) is 73.8 Å². The van der Waals surface area contributed by atoms with Gasteiger partial charge in [0.25, 0.3) is 0 Å². The fourth-order valence-electron chi connectivity index (χ4n) is 2.88. The molecule has 2 fully saturated rings. The van der Waals surface area contributed by atoms with Crippen molar-refractivity contribution in [1.29, 1.82) is 0 Å². The van der Waals surface area contributed by atoms with Gasteiger partial charge in [-0.1, -0.05) is 0 Å². The summed E-state index contributed by atoms with van der Waals surface area (Å²) in [4.78, 5) is 22.6. The van der Waals surface area contributed by atoms with Gasteiger partial charge < -0.3 is 19.1 Å². The SMILES string of the molecule is COc1cncc(O[C@H]2CCCN(C(=O)[C@H]3CCOC3)C2)n1. The van der Waals surface area contributed by atoms with Crippen molar-refractivity contribution in [3.63, 3.8) is 0 Å². The first kappa shape index (κ1) is 15.0. The van der Waals surface area contributed by atoms with Crippen molar-refractivity contribution >= 4 is 5.91 Å². The Balaban J connectivity index is 1.59. The van der Waals surface area contributed by atoms with E-state index in [1.54, 1.807) is 13.3 Å². The number of amides is 1. The van der Waals surface area contributed by atoms with E-state index in [4.69, 9.17) is 14.2 Å². The Hall–Kier alpha value is -1.89. The van der Waals surface area contributed by atoms with Crippen LogP contribution in [0.4, 0.5) is 0 Å². The molecule has 0 spiro atoms. The summed E-state index contributed by atoms with van der Waals surface area (Å²) in [7, 11) is 1.54. The summed E-state index contributed by atoms with van der Waals surface area (Å²) in [5, 5.41) is 0. The van der Waals surface area contributed by atoms with Crippen LogP contribution in [0.1, 0.15) is 19.3 Å². The van der Waals surface area contributed by atoms with Gasteiger partial charge in [-0.2, -0.15) is 4.98 Å². The second-order valence-corrected chi connectivity index (χ2v) is 5.63. The van der Waals surface area contributed by atoms with E-state index in [0.717, 1.165) is 25.8 Å². The Morgan fingerprint density at radius 1 is 1.36 bits per heavy atom. The summed E-state index contributed by atoms with van der Waals surface area (Å²) in [6.45, 7) is 2.61. The highest BCUT2D eigenvalue weighted by atomic mass is 16.5. The quantitative estimate of drug-likeness (QED) is 0.822. The molecule has 0 aromatic carbocycles. The molecule has 0 saturated carbocycles. The number of likely N-dealkylation sites (tertiary alicyclic amines) is 1. The van der Waals surface area contributed by atoms with Gasteiger partial charge in [-0.05, 0) is 19.3 Å². The van der Waals surface area contributed by atoms with Gasteiger partial charge in [-0.3, -0.25) is 9.78 Å². The maximum atomic E-state index is 12.4. The Morgan fingerprint density at radius 3 is 3.00 bits per heavy atom. The molecule has 1 amide bonds. The van der Waals surface area contributed by atoms with E-state index in [0.29, 0.717) is 31.5 Å². The average Bonchev–Trinajstić information content (AvgIpc) is 3.09. The van der Waals surface area contributed by atoms with Crippen molar-refractivity contribution in [3.05, 3.63) is 12.4 Å². The molecule has 0 bridgehead atoms. The van der Waals surface area contributed by atoms with E-state index < -0.39 is 0 Å². The van der Waals surface area contributed by atoms with Crippen LogP contribution in [0.3, 0.4) is 0 Å². The largest absolute Gasteiger partial charge is 0.480 e. The molecule has 0 unspecified atom stereocenters. The molecule has 0 radical (unpaired) electrons. The molecule has 2 atom stereocenters. The summed E-state index contributed by atoms with van der Waals surface area (Å²) < 4.78 is 16.2. The van der Waals surface area contributed by atoms with Crippen molar-refractivity contribution in [1.82, 2.24) is 14.9 Å². The Kier molecular flexibility index (Phi) is 4.72. The summed E-state index contributed by atoms with van der Waals surface area (Å²) in [5.41, 5.74) is 0. The number of carbonyl (C=O) groups excluding carboxylic acids is 1. The maximum absolute atomic E-state index is 12.4. The predicted octanol–water partition coefficient (Wildman–Crippen LogP) is 0.891. The lowest BCUT2D eigenvalue weighted by molar-refractivity contribution is -0.138. The van der Waals surface area contributed by atoms with Crippen LogP contribution in [0.5, 0.6) is 11.8 Å². The van der Waals surface area contributed by atoms with E-state index >= 15 is 0 Å². The summed E-state index contributed by atoms with van der Waals surface area (Å²) >= 11 is 0. The molecule has 0 aliphatic carbocycles. The number of nitrogens with zero attached hydrogens (tertiary/aromatic N) is 3. The minimum atomic E-state index is -0.0542. The van der Waals surface area contributed by atoms with Gasteiger partial charge in [-0.25, -0.2) is 0 Å². The Bertz CT molecular complexity index is 519. The van der Waals surface area contributed by atoms with Crippen LogP contribution in [0.2, 0.25) is 0 Å². The van der Waals surface area contributed by atoms with Gasteiger partial charge in [0, 0.05) is 13.2 Å². The average molecular weight is 307 g/mol. The number of carbonyl (C=O) groups is 1. The normalized spacial score (nSPS) is 25.0. The van der Waals surface area contributed by atoms with Crippen LogP contribution in [-0.2, 0) is 9.53 Å². The van der Waals surface area contributed by atoms with E-state index in [1.807, 2.05) is 4.90 Å². The second kappa shape index (κ2) is 6.91. The first-order valence-electron chi connectivity index (χ1n) is 7.65. The van der Waals surface area contributed by atoms with Crippen molar-refractivity contribution in [2.75, 3.05) is 33.4 Å². The Labute approximate surface area is 129 Å². The molecule has 22 heavy (non-hydrogen) atoms. The zero-order valence-corrected chi connectivity index (χ0v) is 12.7. The molecule has 2 saturated heterocycles. The molecule has 120 valence electrons. The summed E-state index contributed by atoms with van der Waals surface area (Å²) in [5.74, 6) is 1.05. The van der Waals surface area contributed by atoms with Crippen molar-refractivity contribution in [2.45, 2.75) is 25.4 Å². The van der Waals surface area contributed by atoms with Gasteiger partial charge >= 0.3 is 0 Å². The van der Waals surface area contributed by atoms with Crippen LogP contribution >= 0.6 is 0 Å². The van der Waals surface area contributed by atoms with Crippen LogP contribution < -0.4 is 9.47 Å². The van der Waals surface area contributed by atoms with E-state index in [1.165, 1.54) is 6.20 Å². The molecule has 1 aromatic heterocycles. The Morgan fingerprint density at radius 2 is 2.23 bits per heavy atom. The molecule has 2 aliphatic heterocycles. The van der Waals surface area contributed by atoms with Crippen molar-refractivity contribution in [3.8, 4) is 11.8 Å². The fraction of sp³-hybridized carbons (Fsp3) is 0.667. The second-order valence-electron chi connectivity index (χ2n) is 5.63. The third kappa shape index (κ3) is 3.47. The van der Waals surface area contributed by atoms with Gasteiger partial charge in [0.1, 0.15) is 6.10 Å². The number of aromatic nitrogens is 2. The van der Waals surface area contributed by atoms with E-state index in [2.05, 4.69) is 9.97 Å². The van der Waals surface area contributed by atoms with Crippen LogP contribution in [0.15, 0.2) is 12.4 Å². The summed E-state index contributed by atoms with van der Waals surface area (Å²) in [6.07, 6.45) is 5.70. The monoisotopic (exact) mass is 307 g/mol. The molecule has 7 nitrogen and oxygen atoms in total. The number of hydrogen-bond acceptors (Lipinski definition) is 6. The van der Waals surface area contributed by atoms with Gasteiger partial charge in [-0.15, -0.1) is 0 Å². The number of piperidine rings is 1. The zero-order valence-electron chi connectivity index (χ0n) is 12.7. The molecular formula is C15H21N3O4. The summed E-state index contributed by atoms with van der Waals surface area (Å²) in [6, 6.07) is 0. The maximum Gasteiger partial charge on any atom is 0.235 e. The molecule has 2 aliphatic rings. The number of methoxy groups -OCH3 is 1. The first-order valence-corrected chi connectivity index (χ1v) is 7.65.